The standard InChI is InChI=1S/C19H17NO2/c1-19(2,3)13-8-9-16-14(11-13)20-18(22-16)17-10-12-6-4-5-7-15(12)21-17/h4-11H,1-3H3. The summed E-state index contributed by atoms with van der Waals surface area (Å²) in [6.07, 6.45) is 0. The zero-order valence-electron chi connectivity index (χ0n) is 12.9. The van der Waals surface area contributed by atoms with Crippen LogP contribution in [0.1, 0.15) is 26.3 Å². The van der Waals surface area contributed by atoms with Crippen molar-refractivity contribution in [2.24, 2.45) is 0 Å². The Bertz CT molecular complexity index is 937. The molecular weight excluding hydrogens is 274 g/mol. The van der Waals surface area contributed by atoms with Gasteiger partial charge in [-0.2, -0.15) is 0 Å². The molecule has 0 unspecified atom stereocenters. The fourth-order valence-electron chi connectivity index (χ4n) is 2.59. The third-order valence-electron chi connectivity index (χ3n) is 3.89. The molecule has 22 heavy (non-hydrogen) atoms. The van der Waals surface area contributed by atoms with E-state index in [1.807, 2.05) is 36.4 Å². The Morgan fingerprint density at radius 3 is 2.45 bits per heavy atom. The maximum absolute atomic E-state index is 5.85. The first-order chi connectivity index (χ1) is 10.5. The van der Waals surface area contributed by atoms with Crippen LogP contribution >= 0.6 is 0 Å². The number of benzene rings is 2. The molecule has 0 aliphatic rings. The van der Waals surface area contributed by atoms with Crippen LogP contribution in [0, 0.1) is 0 Å². The van der Waals surface area contributed by atoms with Crippen molar-refractivity contribution < 1.29 is 8.83 Å². The average molecular weight is 291 g/mol. The van der Waals surface area contributed by atoms with Gasteiger partial charge in [0.05, 0.1) is 0 Å². The van der Waals surface area contributed by atoms with Gasteiger partial charge >= 0.3 is 0 Å². The summed E-state index contributed by atoms with van der Waals surface area (Å²) in [5.41, 5.74) is 3.82. The molecule has 4 aromatic rings. The first kappa shape index (κ1) is 13.1. The molecule has 0 bridgehead atoms. The van der Waals surface area contributed by atoms with E-state index in [4.69, 9.17) is 8.83 Å². The molecule has 0 radical (unpaired) electrons. The van der Waals surface area contributed by atoms with Gasteiger partial charge in [-0.05, 0) is 35.2 Å². The van der Waals surface area contributed by atoms with E-state index in [-0.39, 0.29) is 5.41 Å². The Hall–Kier alpha value is -2.55. The van der Waals surface area contributed by atoms with E-state index in [1.54, 1.807) is 0 Å². The second-order valence-corrected chi connectivity index (χ2v) is 6.60. The Balaban J connectivity index is 1.85. The molecule has 2 aromatic carbocycles. The maximum Gasteiger partial charge on any atom is 0.263 e. The number of nitrogens with zero attached hydrogens (tertiary/aromatic N) is 1. The number of fused-ring (bicyclic) bond motifs is 2. The first-order valence-corrected chi connectivity index (χ1v) is 7.41. The summed E-state index contributed by atoms with van der Waals surface area (Å²) in [6, 6.07) is 16.0. The second kappa shape index (κ2) is 4.47. The minimum absolute atomic E-state index is 0.0899. The molecule has 0 N–H and O–H groups in total. The van der Waals surface area contributed by atoms with E-state index in [2.05, 4.69) is 37.9 Å². The number of rotatable bonds is 1. The highest BCUT2D eigenvalue weighted by molar-refractivity contribution is 5.83. The van der Waals surface area contributed by atoms with Gasteiger partial charge in [-0.25, -0.2) is 4.98 Å². The van der Waals surface area contributed by atoms with Crippen molar-refractivity contribution in [2.45, 2.75) is 26.2 Å². The number of oxazole rings is 1. The molecule has 0 aliphatic carbocycles. The Morgan fingerprint density at radius 2 is 1.68 bits per heavy atom. The molecule has 110 valence electrons. The van der Waals surface area contributed by atoms with E-state index in [9.17, 15) is 0 Å². The van der Waals surface area contributed by atoms with E-state index in [0.717, 1.165) is 22.1 Å². The van der Waals surface area contributed by atoms with Crippen LogP contribution in [0.4, 0.5) is 0 Å². The maximum atomic E-state index is 5.85. The van der Waals surface area contributed by atoms with Crippen LogP contribution in [-0.2, 0) is 5.41 Å². The Morgan fingerprint density at radius 1 is 0.864 bits per heavy atom. The fraction of sp³-hybridized carbons (Fsp3) is 0.211. The molecule has 0 amide bonds. The SMILES string of the molecule is CC(C)(C)c1ccc2oc(-c3cc4ccccc4o3)nc2c1. The van der Waals surface area contributed by atoms with E-state index >= 15 is 0 Å². The van der Waals surface area contributed by atoms with Gasteiger partial charge in [0.1, 0.15) is 11.1 Å². The van der Waals surface area contributed by atoms with Crippen molar-refractivity contribution >= 4 is 22.1 Å². The van der Waals surface area contributed by atoms with Crippen molar-refractivity contribution in [1.82, 2.24) is 4.98 Å². The Kier molecular flexibility index (Phi) is 2.67. The zero-order chi connectivity index (χ0) is 15.3. The molecule has 0 saturated carbocycles. The monoisotopic (exact) mass is 291 g/mol. The van der Waals surface area contributed by atoms with Gasteiger partial charge in [0.25, 0.3) is 5.89 Å². The lowest BCUT2D eigenvalue weighted by atomic mass is 9.87. The van der Waals surface area contributed by atoms with Crippen molar-refractivity contribution in [3.8, 4) is 11.7 Å². The molecule has 4 rings (SSSR count). The molecule has 0 fully saturated rings. The quantitative estimate of drug-likeness (QED) is 0.462. The normalized spacial score (nSPS) is 12.3. The van der Waals surface area contributed by atoms with Crippen molar-refractivity contribution in [3.63, 3.8) is 0 Å². The largest absolute Gasteiger partial charge is 0.451 e. The molecular formula is C19H17NO2. The van der Waals surface area contributed by atoms with Crippen LogP contribution in [0.25, 0.3) is 33.7 Å². The van der Waals surface area contributed by atoms with Gasteiger partial charge in [-0.3, -0.25) is 0 Å². The fourth-order valence-corrected chi connectivity index (χ4v) is 2.59. The zero-order valence-corrected chi connectivity index (χ0v) is 12.9. The summed E-state index contributed by atoms with van der Waals surface area (Å²) in [5, 5.41) is 1.05. The van der Waals surface area contributed by atoms with E-state index in [1.165, 1.54) is 5.56 Å². The van der Waals surface area contributed by atoms with Crippen LogP contribution in [-0.4, -0.2) is 4.98 Å². The molecule has 3 nitrogen and oxygen atoms in total. The number of hydrogen-bond acceptors (Lipinski definition) is 3. The molecule has 0 atom stereocenters. The highest BCUT2D eigenvalue weighted by Gasteiger charge is 2.17. The lowest BCUT2D eigenvalue weighted by molar-refractivity contribution is 0.559. The lowest BCUT2D eigenvalue weighted by Gasteiger charge is -2.18. The minimum Gasteiger partial charge on any atom is -0.451 e. The van der Waals surface area contributed by atoms with E-state index in [0.29, 0.717) is 11.7 Å². The summed E-state index contributed by atoms with van der Waals surface area (Å²) in [6.45, 7) is 6.57. The summed E-state index contributed by atoms with van der Waals surface area (Å²) in [4.78, 5) is 4.59. The highest BCUT2D eigenvalue weighted by atomic mass is 16.4. The number of furan rings is 1. The van der Waals surface area contributed by atoms with Gasteiger partial charge < -0.3 is 8.83 Å². The summed E-state index contributed by atoms with van der Waals surface area (Å²) in [7, 11) is 0. The predicted molar refractivity (Wildman–Crippen MR) is 87.9 cm³/mol. The molecule has 0 spiro atoms. The molecule has 3 heteroatoms. The second-order valence-electron chi connectivity index (χ2n) is 6.60. The van der Waals surface area contributed by atoms with Gasteiger partial charge in [-0.15, -0.1) is 0 Å². The summed E-state index contributed by atoms with van der Waals surface area (Å²) < 4.78 is 11.7. The van der Waals surface area contributed by atoms with Crippen LogP contribution in [0.2, 0.25) is 0 Å². The molecule has 0 saturated heterocycles. The van der Waals surface area contributed by atoms with Crippen molar-refractivity contribution in [2.75, 3.05) is 0 Å². The number of hydrogen-bond donors (Lipinski definition) is 0. The van der Waals surface area contributed by atoms with Crippen LogP contribution < -0.4 is 0 Å². The van der Waals surface area contributed by atoms with Gasteiger partial charge in [0, 0.05) is 5.39 Å². The van der Waals surface area contributed by atoms with Gasteiger partial charge in [0.15, 0.2) is 11.3 Å². The average Bonchev–Trinajstić information content (AvgIpc) is 3.08. The number of aromatic nitrogens is 1. The molecule has 0 aliphatic heterocycles. The summed E-state index contributed by atoms with van der Waals surface area (Å²) >= 11 is 0. The predicted octanol–water partition coefficient (Wildman–Crippen LogP) is 5.54. The number of para-hydroxylation sites is 1. The molecule has 2 aromatic heterocycles. The first-order valence-electron chi connectivity index (χ1n) is 7.41. The van der Waals surface area contributed by atoms with Crippen LogP contribution in [0.3, 0.4) is 0 Å². The van der Waals surface area contributed by atoms with Crippen molar-refractivity contribution in [1.29, 1.82) is 0 Å². The lowest BCUT2D eigenvalue weighted by Crippen LogP contribution is -2.10. The minimum atomic E-state index is 0.0899. The van der Waals surface area contributed by atoms with Gasteiger partial charge in [0.2, 0.25) is 0 Å². The van der Waals surface area contributed by atoms with Crippen LogP contribution in [0.15, 0.2) is 57.4 Å². The topological polar surface area (TPSA) is 39.2 Å². The smallest absolute Gasteiger partial charge is 0.263 e. The van der Waals surface area contributed by atoms with E-state index < -0.39 is 0 Å². The van der Waals surface area contributed by atoms with Gasteiger partial charge in [-0.1, -0.05) is 45.0 Å². The van der Waals surface area contributed by atoms with Crippen molar-refractivity contribution in [3.05, 3.63) is 54.1 Å². The highest BCUT2D eigenvalue weighted by Crippen LogP contribution is 2.31. The summed E-state index contributed by atoms with van der Waals surface area (Å²) in [5.74, 6) is 1.19. The molecule has 2 heterocycles. The Labute approximate surface area is 128 Å². The third kappa shape index (κ3) is 2.10. The van der Waals surface area contributed by atoms with Crippen LogP contribution in [0.5, 0.6) is 0 Å². The third-order valence-corrected chi connectivity index (χ3v) is 3.89.